The standard InChI is InChI=1S/C18H17FN4O2/c19-12-8-22(9-12)18(24)23-6-5-13-16(21-10-20-13)17(23)15-7-11-3-1-2-4-14(11)25-15/h1-4,7,10,12,17H,5-6,8-9H2,(H,20,21)/t17-/m1/s1. The Kier molecular flexibility index (Phi) is 3.10. The monoisotopic (exact) mass is 340 g/mol. The summed E-state index contributed by atoms with van der Waals surface area (Å²) in [6, 6.07) is 9.15. The van der Waals surface area contributed by atoms with Crippen LogP contribution in [-0.4, -0.2) is 51.6 Å². The first kappa shape index (κ1) is 14.5. The number of alkyl halides is 1. The number of amides is 2. The van der Waals surface area contributed by atoms with E-state index in [1.807, 2.05) is 30.3 Å². The van der Waals surface area contributed by atoms with Crippen LogP contribution in [0.25, 0.3) is 11.0 Å². The Labute approximate surface area is 143 Å². The summed E-state index contributed by atoms with van der Waals surface area (Å²) in [5.41, 5.74) is 2.60. The molecule has 1 saturated heterocycles. The first-order chi connectivity index (χ1) is 12.2. The Morgan fingerprint density at radius 3 is 2.96 bits per heavy atom. The second-order valence-corrected chi connectivity index (χ2v) is 6.58. The molecule has 3 aromatic rings. The molecule has 0 unspecified atom stereocenters. The van der Waals surface area contributed by atoms with Gasteiger partial charge in [0.25, 0.3) is 0 Å². The smallest absolute Gasteiger partial charge is 0.321 e. The third kappa shape index (κ3) is 2.22. The van der Waals surface area contributed by atoms with Crippen LogP contribution in [0.2, 0.25) is 0 Å². The second-order valence-electron chi connectivity index (χ2n) is 6.58. The van der Waals surface area contributed by atoms with Crippen molar-refractivity contribution in [2.75, 3.05) is 19.6 Å². The molecular weight excluding hydrogens is 323 g/mol. The van der Waals surface area contributed by atoms with Crippen LogP contribution in [0.15, 0.2) is 41.1 Å². The van der Waals surface area contributed by atoms with Crippen LogP contribution in [0.5, 0.6) is 0 Å². The number of hydrogen-bond donors (Lipinski definition) is 1. The lowest BCUT2D eigenvalue weighted by molar-refractivity contribution is 0.0586. The van der Waals surface area contributed by atoms with E-state index < -0.39 is 12.2 Å². The molecule has 25 heavy (non-hydrogen) atoms. The molecule has 128 valence electrons. The fourth-order valence-electron chi connectivity index (χ4n) is 3.67. The normalized spacial score (nSPS) is 20.6. The van der Waals surface area contributed by atoms with Gasteiger partial charge in [-0.1, -0.05) is 18.2 Å². The maximum atomic E-state index is 13.2. The van der Waals surface area contributed by atoms with Crippen LogP contribution >= 0.6 is 0 Å². The van der Waals surface area contributed by atoms with Crippen LogP contribution < -0.4 is 0 Å². The van der Waals surface area contributed by atoms with Gasteiger partial charge in [-0.15, -0.1) is 0 Å². The van der Waals surface area contributed by atoms with Gasteiger partial charge in [0.2, 0.25) is 0 Å². The highest BCUT2D eigenvalue weighted by atomic mass is 19.1. The molecule has 4 heterocycles. The van der Waals surface area contributed by atoms with E-state index in [4.69, 9.17) is 4.42 Å². The third-order valence-corrected chi connectivity index (χ3v) is 4.99. The SMILES string of the molecule is O=C(N1CC(F)C1)N1CCc2[nH]cnc2[C@H]1c1cc2ccccc2o1. The summed E-state index contributed by atoms with van der Waals surface area (Å²) in [5.74, 6) is 0.680. The lowest BCUT2D eigenvalue weighted by Gasteiger charge is -2.41. The number of furan rings is 1. The van der Waals surface area contributed by atoms with Gasteiger partial charge in [0.1, 0.15) is 23.6 Å². The summed E-state index contributed by atoms with van der Waals surface area (Å²) < 4.78 is 19.2. The number of nitrogens with zero attached hydrogens (tertiary/aromatic N) is 3. The number of hydrogen-bond acceptors (Lipinski definition) is 3. The van der Waals surface area contributed by atoms with E-state index in [1.54, 1.807) is 11.2 Å². The zero-order valence-corrected chi connectivity index (χ0v) is 13.5. The van der Waals surface area contributed by atoms with Gasteiger partial charge >= 0.3 is 6.03 Å². The van der Waals surface area contributed by atoms with Crippen LogP contribution in [0.4, 0.5) is 9.18 Å². The molecule has 0 radical (unpaired) electrons. The number of fused-ring (bicyclic) bond motifs is 2. The number of carbonyl (C=O) groups excluding carboxylic acids is 1. The first-order valence-corrected chi connectivity index (χ1v) is 8.41. The molecule has 0 spiro atoms. The van der Waals surface area contributed by atoms with E-state index in [2.05, 4.69) is 9.97 Å². The number of H-pyrrole nitrogens is 1. The van der Waals surface area contributed by atoms with Crippen LogP contribution in [0.3, 0.4) is 0 Å². The molecule has 2 aromatic heterocycles. The number of urea groups is 1. The summed E-state index contributed by atoms with van der Waals surface area (Å²) >= 11 is 0. The molecule has 0 saturated carbocycles. The zero-order chi connectivity index (χ0) is 17.0. The number of rotatable bonds is 1. The number of nitrogens with one attached hydrogen (secondary N) is 1. The summed E-state index contributed by atoms with van der Waals surface area (Å²) in [4.78, 5) is 23.7. The van der Waals surface area contributed by atoms with Gasteiger partial charge < -0.3 is 19.2 Å². The molecule has 1 aromatic carbocycles. The molecular formula is C18H17FN4O2. The Balaban J connectivity index is 1.57. The number of likely N-dealkylation sites (tertiary alicyclic amines) is 1. The first-order valence-electron chi connectivity index (χ1n) is 8.41. The van der Waals surface area contributed by atoms with E-state index in [0.29, 0.717) is 18.7 Å². The van der Waals surface area contributed by atoms with E-state index in [-0.39, 0.29) is 19.1 Å². The predicted molar refractivity (Wildman–Crippen MR) is 88.9 cm³/mol. The van der Waals surface area contributed by atoms with E-state index in [0.717, 1.165) is 22.4 Å². The van der Waals surface area contributed by atoms with Crippen molar-refractivity contribution in [2.24, 2.45) is 0 Å². The number of carbonyl (C=O) groups is 1. The average Bonchev–Trinajstić information content (AvgIpc) is 3.23. The average molecular weight is 340 g/mol. The molecule has 5 rings (SSSR count). The van der Waals surface area contributed by atoms with Gasteiger partial charge in [-0.05, 0) is 12.1 Å². The Morgan fingerprint density at radius 1 is 1.32 bits per heavy atom. The lowest BCUT2D eigenvalue weighted by atomic mass is 10.0. The molecule has 1 fully saturated rings. The van der Waals surface area contributed by atoms with Crippen LogP contribution in [0.1, 0.15) is 23.2 Å². The van der Waals surface area contributed by atoms with Crippen molar-refractivity contribution in [1.82, 2.24) is 19.8 Å². The van der Waals surface area contributed by atoms with Gasteiger partial charge in [0.15, 0.2) is 0 Å². The second kappa shape index (κ2) is 5.34. The number of imidazole rings is 1. The maximum absolute atomic E-state index is 13.2. The third-order valence-electron chi connectivity index (χ3n) is 4.99. The van der Waals surface area contributed by atoms with E-state index >= 15 is 0 Å². The van der Waals surface area contributed by atoms with Crippen LogP contribution in [-0.2, 0) is 6.42 Å². The number of halogens is 1. The number of aromatic nitrogens is 2. The Morgan fingerprint density at radius 2 is 2.16 bits per heavy atom. The molecule has 0 bridgehead atoms. The van der Waals surface area contributed by atoms with E-state index in [1.165, 1.54) is 4.90 Å². The quantitative estimate of drug-likeness (QED) is 0.741. The van der Waals surface area contributed by atoms with Crippen molar-refractivity contribution in [3.8, 4) is 0 Å². The topological polar surface area (TPSA) is 65.4 Å². The van der Waals surface area contributed by atoms with Crippen LogP contribution in [0, 0.1) is 0 Å². The minimum absolute atomic E-state index is 0.159. The van der Waals surface area contributed by atoms with Crippen molar-refractivity contribution in [3.05, 3.63) is 53.8 Å². The minimum atomic E-state index is -0.917. The van der Waals surface area contributed by atoms with Gasteiger partial charge in [-0.25, -0.2) is 14.2 Å². The molecule has 2 amide bonds. The van der Waals surface area contributed by atoms with Crippen molar-refractivity contribution in [2.45, 2.75) is 18.6 Å². The Hall–Kier alpha value is -2.83. The van der Waals surface area contributed by atoms with Gasteiger partial charge in [-0.3, -0.25) is 0 Å². The zero-order valence-electron chi connectivity index (χ0n) is 13.5. The van der Waals surface area contributed by atoms with Gasteiger partial charge in [0.05, 0.1) is 25.1 Å². The van der Waals surface area contributed by atoms with Crippen molar-refractivity contribution in [3.63, 3.8) is 0 Å². The molecule has 2 aliphatic rings. The summed E-state index contributed by atoms with van der Waals surface area (Å²) in [6.45, 7) is 0.869. The fourth-order valence-corrected chi connectivity index (χ4v) is 3.67. The molecule has 1 atom stereocenters. The maximum Gasteiger partial charge on any atom is 0.321 e. The largest absolute Gasteiger partial charge is 0.458 e. The van der Waals surface area contributed by atoms with E-state index in [9.17, 15) is 9.18 Å². The molecule has 6 nitrogen and oxygen atoms in total. The predicted octanol–water partition coefficient (Wildman–Crippen LogP) is 2.88. The number of benzene rings is 1. The highest BCUT2D eigenvalue weighted by Gasteiger charge is 2.41. The van der Waals surface area contributed by atoms with Crippen molar-refractivity contribution >= 4 is 17.0 Å². The van der Waals surface area contributed by atoms with Crippen molar-refractivity contribution < 1.29 is 13.6 Å². The minimum Gasteiger partial charge on any atom is -0.458 e. The lowest BCUT2D eigenvalue weighted by Crippen LogP contribution is -2.57. The summed E-state index contributed by atoms with van der Waals surface area (Å²) in [6.07, 6.45) is 1.43. The van der Waals surface area contributed by atoms with Gasteiger partial charge in [0, 0.05) is 24.0 Å². The summed E-state index contributed by atoms with van der Waals surface area (Å²) in [5, 5.41) is 0.986. The molecule has 0 aliphatic carbocycles. The highest BCUT2D eigenvalue weighted by Crippen LogP contribution is 2.37. The number of para-hydroxylation sites is 1. The number of aromatic amines is 1. The molecule has 7 heteroatoms. The summed E-state index contributed by atoms with van der Waals surface area (Å²) in [7, 11) is 0. The highest BCUT2D eigenvalue weighted by molar-refractivity contribution is 5.79. The molecule has 2 aliphatic heterocycles. The Bertz CT molecular complexity index is 910. The van der Waals surface area contributed by atoms with Crippen molar-refractivity contribution in [1.29, 1.82) is 0 Å². The van der Waals surface area contributed by atoms with Gasteiger partial charge in [-0.2, -0.15) is 0 Å². The fraction of sp³-hybridized carbons (Fsp3) is 0.333. The molecule has 1 N–H and O–H groups in total.